The number of aromatic nitrogens is 1. The second-order valence-corrected chi connectivity index (χ2v) is 10.3. The molecule has 0 aliphatic rings. The summed E-state index contributed by atoms with van der Waals surface area (Å²) in [5.74, 6) is -0.0993. The van der Waals surface area contributed by atoms with Gasteiger partial charge in [-0.3, -0.25) is 4.79 Å². The molecular weight excluding hydrogens is 476 g/mol. The van der Waals surface area contributed by atoms with Crippen LogP contribution >= 0.6 is 11.3 Å². The van der Waals surface area contributed by atoms with Gasteiger partial charge < -0.3 is 15.6 Å². The summed E-state index contributed by atoms with van der Waals surface area (Å²) in [4.78, 5) is 19.5. The van der Waals surface area contributed by atoms with E-state index in [9.17, 15) is 4.79 Å². The number of aryl methyl sites for hydroxylation is 2. The van der Waals surface area contributed by atoms with Crippen LogP contribution < -0.4 is 15.9 Å². The minimum atomic E-state index is -0.243. The number of nitrogens with zero attached hydrogens (tertiary/aromatic N) is 2. The third kappa shape index (κ3) is 7.28. The zero-order valence-electron chi connectivity index (χ0n) is 21.7. The van der Waals surface area contributed by atoms with Crippen molar-refractivity contribution in [1.29, 1.82) is 0 Å². The molecule has 5 nitrogen and oxygen atoms in total. The van der Waals surface area contributed by atoms with Crippen molar-refractivity contribution in [2.24, 2.45) is 10.7 Å². The largest absolute Gasteiger partial charge is 0.340 e. The third-order valence-electron chi connectivity index (χ3n) is 6.34. The summed E-state index contributed by atoms with van der Waals surface area (Å²) in [6, 6.07) is 26.3. The Balaban J connectivity index is 0.00000267. The molecular formula is C31H40N4OS. The fourth-order valence-corrected chi connectivity index (χ4v) is 5.49. The van der Waals surface area contributed by atoms with Gasteiger partial charge in [0.1, 0.15) is 5.69 Å². The molecule has 1 aromatic heterocycles. The SMILES string of the molecule is Cc1cc(C)cc(N=c2scc(C(=O)NC(c3ccccc3)c3ccccc3)n2CCCCCCN)c1.[HH].[HH]. The Morgan fingerprint density at radius 2 is 1.51 bits per heavy atom. The predicted octanol–water partition coefficient (Wildman–Crippen LogP) is 6.93. The number of thiazole rings is 1. The number of benzene rings is 3. The van der Waals surface area contributed by atoms with E-state index in [1.165, 1.54) is 22.5 Å². The minimum Gasteiger partial charge on any atom is -0.340 e. The van der Waals surface area contributed by atoms with Crippen molar-refractivity contribution in [3.8, 4) is 0 Å². The molecule has 4 rings (SSSR count). The van der Waals surface area contributed by atoms with E-state index in [0.717, 1.165) is 53.8 Å². The highest BCUT2D eigenvalue weighted by Crippen LogP contribution is 2.23. The smallest absolute Gasteiger partial charge is 0.269 e. The van der Waals surface area contributed by atoms with Crippen LogP contribution in [0, 0.1) is 13.8 Å². The van der Waals surface area contributed by atoms with Crippen LogP contribution in [-0.4, -0.2) is 17.0 Å². The quantitative estimate of drug-likeness (QED) is 0.212. The Bertz CT molecular complexity index is 1310. The minimum absolute atomic E-state index is 0. The number of hydrogen-bond acceptors (Lipinski definition) is 4. The maximum atomic E-state index is 13.7. The van der Waals surface area contributed by atoms with Crippen molar-refractivity contribution in [2.75, 3.05) is 6.54 Å². The summed E-state index contributed by atoms with van der Waals surface area (Å²) in [5.41, 5.74) is 11.7. The van der Waals surface area contributed by atoms with Gasteiger partial charge in [0.2, 0.25) is 0 Å². The van der Waals surface area contributed by atoms with E-state index in [-0.39, 0.29) is 14.8 Å². The van der Waals surface area contributed by atoms with Crippen LogP contribution in [0.25, 0.3) is 0 Å². The fourth-order valence-electron chi connectivity index (χ4n) is 4.57. The molecule has 0 fully saturated rings. The molecule has 0 aliphatic heterocycles. The third-order valence-corrected chi connectivity index (χ3v) is 7.20. The number of nitrogens with two attached hydrogens (primary N) is 1. The van der Waals surface area contributed by atoms with Crippen LogP contribution in [0.15, 0.2) is 89.2 Å². The van der Waals surface area contributed by atoms with E-state index >= 15 is 0 Å². The summed E-state index contributed by atoms with van der Waals surface area (Å²) in [5, 5.41) is 5.24. The topological polar surface area (TPSA) is 72.4 Å². The summed E-state index contributed by atoms with van der Waals surface area (Å²) in [7, 11) is 0. The van der Waals surface area contributed by atoms with Crippen LogP contribution in [-0.2, 0) is 6.54 Å². The maximum Gasteiger partial charge on any atom is 0.269 e. The van der Waals surface area contributed by atoms with Gasteiger partial charge in [-0.15, -0.1) is 11.3 Å². The molecule has 1 heterocycles. The Morgan fingerprint density at radius 3 is 2.11 bits per heavy atom. The Morgan fingerprint density at radius 1 is 0.919 bits per heavy atom. The summed E-state index contributed by atoms with van der Waals surface area (Å²) in [6.45, 7) is 5.62. The van der Waals surface area contributed by atoms with E-state index in [1.54, 1.807) is 0 Å². The maximum absolute atomic E-state index is 13.7. The van der Waals surface area contributed by atoms with E-state index in [1.807, 2.05) is 41.8 Å². The molecule has 3 N–H and O–H groups in total. The molecule has 6 heteroatoms. The highest BCUT2D eigenvalue weighted by Gasteiger charge is 2.20. The fraction of sp³-hybridized carbons (Fsp3) is 0.290. The first-order chi connectivity index (χ1) is 18.0. The Hall–Kier alpha value is -3.48. The van der Waals surface area contributed by atoms with E-state index in [4.69, 9.17) is 10.7 Å². The molecule has 1 amide bonds. The number of unbranched alkanes of at least 4 members (excludes halogenated alkanes) is 3. The first kappa shape index (κ1) is 26.6. The second-order valence-electron chi connectivity index (χ2n) is 9.44. The lowest BCUT2D eigenvalue weighted by Gasteiger charge is -2.20. The lowest BCUT2D eigenvalue weighted by molar-refractivity contribution is 0.0933. The van der Waals surface area contributed by atoms with Gasteiger partial charge in [0.25, 0.3) is 5.91 Å². The van der Waals surface area contributed by atoms with Gasteiger partial charge in [0, 0.05) is 14.8 Å². The van der Waals surface area contributed by atoms with Crippen LogP contribution in [0.3, 0.4) is 0 Å². The van der Waals surface area contributed by atoms with E-state index < -0.39 is 0 Å². The molecule has 0 unspecified atom stereocenters. The van der Waals surface area contributed by atoms with Crippen molar-refractivity contribution in [1.82, 2.24) is 9.88 Å². The lowest BCUT2D eigenvalue weighted by Crippen LogP contribution is -2.32. The van der Waals surface area contributed by atoms with Gasteiger partial charge >= 0.3 is 0 Å². The number of nitrogens with one attached hydrogen (secondary N) is 1. The van der Waals surface area contributed by atoms with Crippen LogP contribution in [0.5, 0.6) is 0 Å². The monoisotopic (exact) mass is 516 g/mol. The average Bonchev–Trinajstić information content (AvgIpc) is 3.29. The van der Waals surface area contributed by atoms with Crippen LogP contribution in [0.2, 0.25) is 0 Å². The molecule has 0 saturated carbocycles. The van der Waals surface area contributed by atoms with Crippen molar-refractivity contribution in [2.45, 2.75) is 52.1 Å². The number of amides is 1. The number of rotatable bonds is 11. The molecule has 0 spiro atoms. The van der Waals surface area contributed by atoms with Crippen LogP contribution in [0.4, 0.5) is 5.69 Å². The summed E-state index contributed by atoms with van der Waals surface area (Å²) >= 11 is 1.51. The highest BCUT2D eigenvalue weighted by molar-refractivity contribution is 7.07. The number of hydrogen-bond donors (Lipinski definition) is 2. The lowest BCUT2D eigenvalue weighted by atomic mass is 9.98. The van der Waals surface area contributed by atoms with Crippen LogP contribution in [0.1, 0.15) is 67.3 Å². The zero-order chi connectivity index (χ0) is 26.0. The number of carbonyl (C=O) groups is 1. The highest BCUT2D eigenvalue weighted by atomic mass is 32.1. The molecule has 3 aromatic carbocycles. The van der Waals surface area contributed by atoms with Gasteiger partial charge in [0.15, 0.2) is 4.80 Å². The normalized spacial score (nSPS) is 11.7. The molecule has 37 heavy (non-hydrogen) atoms. The zero-order valence-corrected chi connectivity index (χ0v) is 22.5. The molecule has 196 valence electrons. The first-order valence-electron chi connectivity index (χ1n) is 13.0. The Labute approximate surface area is 226 Å². The molecule has 0 radical (unpaired) electrons. The predicted molar refractivity (Wildman–Crippen MR) is 157 cm³/mol. The second kappa shape index (κ2) is 13.2. The van der Waals surface area contributed by atoms with E-state index in [2.05, 4.69) is 66.2 Å². The summed E-state index contributed by atoms with van der Waals surface area (Å²) < 4.78 is 2.08. The van der Waals surface area contributed by atoms with Crippen molar-refractivity contribution >= 4 is 22.9 Å². The van der Waals surface area contributed by atoms with Gasteiger partial charge in [-0.25, -0.2) is 4.99 Å². The van der Waals surface area contributed by atoms with Crippen molar-refractivity contribution in [3.05, 3.63) is 117 Å². The average molecular weight is 517 g/mol. The molecule has 0 saturated heterocycles. The first-order valence-corrected chi connectivity index (χ1v) is 13.9. The van der Waals surface area contributed by atoms with E-state index in [0.29, 0.717) is 12.2 Å². The van der Waals surface area contributed by atoms with Crippen molar-refractivity contribution in [3.63, 3.8) is 0 Å². The van der Waals surface area contributed by atoms with Gasteiger partial charge in [-0.2, -0.15) is 0 Å². The molecule has 0 bridgehead atoms. The van der Waals surface area contributed by atoms with Gasteiger partial charge in [0.05, 0.1) is 11.7 Å². The van der Waals surface area contributed by atoms with Gasteiger partial charge in [-0.05, 0) is 67.6 Å². The number of carbonyl (C=O) groups excluding carboxylic acids is 1. The molecule has 0 atom stereocenters. The standard InChI is InChI=1S/C31H36N4OS.2H2/c1-23-19-24(2)21-27(20-23)33-31-35(18-12-4-3-11-17-32)28(22-37-31)30(36)34-29(25-13-7-5-8-14-25)26-15-9-6-10-16-26;;/h5-10,13-16,19-22,29H,3-4,11-12,17-18,32H2,1-2H3,(H,34,36);2*1H. The van der Waals surface area contributed by atoms with Crippen molar-refractivity contribution < 1.29 is 7.65 Å². The molecule has 4 aromatic rings. The Kier molecular flexibility index (Phi) is 9.46. The summed E-state index contributed by atoms with van der Waals surface area (Å²) in [6.07, 6.45) is 4.16. The molecule has 0 aliphatic carbocycles. The van der Waals surface area contributed by atoms with Gasteiger partial charge in [-0.1, -0.05) is 79.6 Å².